The number of Topliss-reactive ketones (excluding diaryl/α,β-unsaturated/α-hetero) is 1. The second-order valence-electron chi connectivity index (χ2n) is 8.08. The molecule has 2 unspecified atom stereocenters. The Kier molecular flexibility index (Phi) is 11.9. The van der Waals surface area contributed by atoms with Crippen LogP contribution in [0.4, 0.5) is 0 Å². The highest BCUT2D eigenvalue weighted by atomic mass is 16.4. The quantitative estimate of drug-likeness (QED) is 0.277. The van der Waals surface area contributed by atoms with Crippen molar-refractivity contribution in [2.75, 3.05) is 0 Å². The van der Waals surface area contributed by atoms with Crippen LogP contribution in [0, 0.1) is 0 Å². The second-order valence-corrected chi connectivity index (χ2v) is 8.08. The lowest BCUT2D eigenvalue weighted by Gasteiger charge is -2.32. The van der Waals surface area contributed by atoms with Crippen LogP contribution in [0.5, 0.6) is 0 Å². The van der Waals surface area contributed by atoms with Gasteiger partial charge in [-0.3, -0.25) is 4.79 Å². The van der Waals surface area contributed by atoms with Crippen LogP contribution in [-0.4, -0.2) is 43.9 Å². The summed E-state index contributed by atoms with van der Waals surface area (Å²) < 4.78 is 0. The zero-order chi connectivity index (χ0) is 21.7. The van der Waals surface area contributed by atoms with Gasteiger partial charge >= 0.3 is 5.97 Å². The van der Waals surface area contributed by atoms with Crippen LogP contribution in [0.2, 0.25) is 0 Å². The molecule has 0 bridgehead atoms. The van der Waals surface area contributed by atoms with Crippen LogP contribution in [0.3, 0.4) is 0 Å². The van der Waals surface area contributed by atoms with Crippen molar-refractivity contribution in [2.45, 2.75) is 109 Å². The van der Waals surface area contributed by atoms with Gasteiger partial charge in [-0.05, 0) is 18.6 Å². The fourth-order valence-corrected chi connectivity index (χ4v) is 3.68. The number of hydrogen-bond acceptors (Lipinski definition) is 5. The van der Waals surface area contributed by atoms with Crippen molar-refractivity contribution in [1.82, 2.24) is 0 Å². The largest absolute Gasteiger partial charge is 0.509 e. The maximum absolute atomic E-state index is 12.3. The van der Waals surface area contributed by atoms with Crippen LogP contribution in [0.15, 0.2) is 23.5 Å². The van der Waals surface area contributed by atoms with E-state index in [0.29, 0.717) is 6.42 Å². The summed E-state index contributed by atoms with van der Waals surface area (Å²) in [5.74, 6) is -2.85. The average Bonchev–Trinajstić information content (AvgIpc) is 2.68. The third-order valence-corrected chi connectivity index (χ3v) is 5.63. The van der Waals surface area contributed by atoms with Crippen molar-refractivity contribution in [3.63, 3.8) is 0 Å². The summed E-state index contributed by atoms with van der Waals surface area (Å²) in [4.78, 5) is 23.3. The van der Waals surface area contributed by atoms with Crippen molar-refractivity contribution in [3.05, 3.63) is 23.5 Å². The molecule has 0 spiro atoms. The number of hydrogen-bond donors (Lipinski definition) is 4. The molecule has 0 aromatic carbocycles. The van der Waals surface area contributed by atoms with Gasteiger partial charge in [-0.2, -0.15) is 0 Å². The standard InChI is InChI=1S/C23H38O6/c1-2-3-4-5-6-7-8-9-10-11-12-13-14-15-19(24)23(29)20(25)16-18(22(27)28)17-21(23)26/h16-17,20,25-26,29H,2-15H2,1H3,(H,27,28). The Hall–Kier alpha value is -1.66. The summed E-state index contributed by atoms with van der Waals surface area (Å²) in [5, 5.41) is 39.2. The Balaban J connectivity index is 2.15. The Morgan fingerprint density at radius 1 is 0.897 bits per heavy atom. The van der Waals surface area contributed by atoms with Gasteiger partial charge in [0.15, 0.2) is 5.78 Å². The zero-order valence-corrected chi connectivity index (χ0v) is 17.7. The van der Waals surface area contributed by atoms with E-state index >= 15 is 0 Å². The highest BCUT2D eigenvalue weighted by Gasteiger charge is 2.48. The zero-order valence-electron chi connectivity index (χ0n) is 17.7. The van der Waals surface area contributed by atoms with E-state index in [4.69, 9.17) is 5.11 Å². The van der Waals surface area contributed by atoms with E-state index in [-0.39, 0.29) is 12.0 Å². The highest BCUT2D eigenvalue weighted by molar-refractivity contribution is 5.95. The van der Waals surface area contributed by atoms with Crippen molar-refractivity contribution < 1.29 is 30.0 Å². The van der Waals surface area contributed by atoms with Gasteiger partial charge in [0.05, 0.1) is 5.57 Å². The molecule has 1 aliphatic carbocycles. The molecule has 6 heteroatoms. The molecular formula is C23H38O6. The third kappa shape index (κ3) is 8.31. The SMILES string of the molecule is CCCCCCCCCCCCCCCC(=O)C1(O)C(O)=CC(C(=O)O)=CC1O. The first-order chi connectivity index (χ1) is 13.8. The van der Waals surface area contributed by atoms with E-state index in [0.717, 1.165) is 31.4 Å². The van der Waals surface area contributed by atoms with E-state index in [1.165, 1.54) is 57.8 Å². The molecule has 0 amide bonds. The highest BCUT2D eigenvalue weighted by Crippen LogP contribution is 2.30. The molecule has 4 N–H and O–H groups in total. The maximum Gasteiger partial charge on any atom is 0.335 e. The predicted octanol–water partition coefficient (Wildman–Crippen LogP) is 4.60. The molecular weight excluding hydrogens is 372 g/mol. The molecule has 1 aliphatic rings. The normalized spacial score (nSPS) is 21.6. The van der Waals surface area contributed by atoms with Crippen molar-refractivity contribution in [2.24, 2.45) is 0 Å². The first-order valence-corrected chi connectivity index (χ1v) is 11.1. The predicted molar refractivity (Wildman–Crippen MR) is 113 cm³/mol. The van der Waals surface area contributed by atoms with Crippen LogP contribution in [0.25, 0.3) is 0 Å². The summed E-state index contributed by atoms with van der Waals surface area (Å²) >= 11 is 0. The number of carbonyl (C=O) groups excluding carboxylic acids is 1. The minimum absolute atomic E-state index is 0.0272. The molecule has 2 atom stereocenters. The van der Waals surface area contributed by atoms with Gasteiger partial charge in [0.25, 0.3) is 0 Å². The lowest BCUT2D eigenvalue weighted by atomic mass is 9.82. The molecule has 0 aliphatic heterocycles. The Bertz CT molecular complexity index is 580. The van der Waals surface area contributed by atoms with Gasteiger partial charge in [-0.1, -0.05) is 84.0 Å². The van der Waals surface area contributed by atoms with Gasteiger partial charge in [0, 0.05) is 6.42 Å². The number of carboxylic acids is 1. The molecule has 1 rings (SSSR count). The van der Waals surface area contributed by atoms with E-state index < -0.39 is 29.2 Å². The van der Waals surface area contributed by atoms with Crippen molar-refractivity contribution >= 4 is 11.8 Å². The number of aliphatic hydroxyl groups is 3. The number of ketones is 1. The molecule has 0 saturated heterocycles. The molecule has 0 heterocycles. The molecule has 0 saturated carbocycles. The number of unbranched alkanes of at least 4 members (excludes halogenated alkanes) is 12. The topological polar surface area (TPSA) is 115 Å². The number of carboxylic acid groups (broad SMARTS) is 1. The minimum atomic E-state index is -2.45. The minimum Gasteiger partial charge on any atom is -0.509 e. The van der Waals surface area contributed by atoms with Gasteiger partial charge in [-0.25, -0.2) is 4.79 Å². The van der Waals surface area contributed by atoms with Gasteiger partial charge in [-0.15, -0.1) is 0 Å². The number of rotatable bonds is 16. The summed E-state index contributed by atoms with van der Waals surface area (Å²) in [6, 6.07) is 0. The van der Waals surface area contributed by atoms with Crippen LogP contribution in [-0.2, 0) is 9.59 Å². The molecule has 29 heavy (non-hydrogen) atoms. The average molecular weight is 411 g/mol. The Morgan fingerprint density at radius 3 is 1.76 bits per heavy atom. The Labute approximate surface area is 174 Å². The monoisotopic (exact) mass is 410 g/mol. The molecule has 0 radical (unpaired) electrons. The van der Waals surface area contributed by atoms with Gasteiger partial charge in [0.1, 0.15) is 11.9 Å². The van der Waals surface area contributed by atoms with Gasteiger partial charge < -0.3 is 20.4 Å². The molecule has 0 fully saturated rings. The maximum atomic E-state index is 12.3. The first-order valence-electron chi connectivity index (χ1n) is 11.1. The Morgan fingerprint density at radius 2 is 1.34 bits per heavy atom. The van der Waals surface area contributed by atoms with Gasteiger partial charge in [0.2, 0.25) is 5.60 Å². The summed E-state index contributed by atoms with van der Waals surface area (Å²) in [6.07, 6.45) is 15.2. The van der Waals surface area contributed by atoms with Crippen LogP contribution in [0.1, 0.15) is 96.8 Å². The van der Waals surface area contributed by atoms with Crippen LogP contribution < -0.4 is 0 Å². The lowest BCUT2D eigenvalue weighted by Crippen LogP contribution is -2.52. The fourth-order valence-electron chi connectivity index (χ4n) is 3.68. The van der Waals surface area contributed by atoms with E-state index in [2.05, 4.69) is 6.92 Å². The lowest BCUT2D eigenvalue weighted by molar-refractivity contribution is -0.146. The number of carbonyl (C=O) groups is 2. The summed E-state index contributed by atoms with van der Waals surface area (Å²) in [6.45, 7) is 2.23. The molecule has 0 aromatic heterocycles. The number of aliphatic carboxylic acids is 1. The van der Waals surface area contributed by atoms with Crippen molar-refractivity contribution in [3.8, 4) is 0 Å². The third-order valence-electron chi connectivity index (χ3n) is 5.63. The van der Waals surface area contributed by atoms with E-state index in [9.17, 15) is 24.9 Å². The number of aliphatic hydroxyl groups excluding tert-OH is 2. The molecule has 166 valence electrons. The first kappa shape index (κ1) is 25.4. The van der Waals surface area contributed by atoms with E-state index in [1.807, 2.05) is 0 Å². The van der Waals surface area contributed by atoms with Crippen molar-refractivity contribution in [1.29, 1.82) is 0 Å². The smallest absolute Gasteiger partial charge is 0.335 e. The van der Waals surface area contributed by atoms with Crippen LogP contribution >= 0.6 is 0 Å². The van der Waals surface area contributed by atoms with E-state index in [1.54, 1.807) is 0 Å². The fraction of sp³-hybridized carbons (Fsp3) is 0.739. The summed E-state index contributed by atoms with van der Waals surface area (Å²) in [7, 11) is 0. The summed E-state index contributed by atoms with van der Waals surface area (Å²) in [5.41, 5.74) is -2.80. The second kappa shape index (κ2) is 13.5. The molecule has 6 nitrogen and oxygen atoms in total. The molecule has 0 aromatic rings.